The van der Waals surface area contributed by atoms with Crippen LogP contribution in [0.25, 0.3) is 11.0 Å². The molecule has 1 saturated carbocycles. The summed E-state index contributed by atoms with van der Waals surface area (Å²) in [5.41, 5.74) is 2.80. The van der Waals surface area contributed by atoms with Crippen LogP contribution < -0.4 is 5.32 Å². The Morgan fingerprint density at radius 2 is 2.16 bits per heavy atom. The highest BCUT2D eigenvalue weighted by Gasteiger charge is 2.43. The number of aromatic nitrogens is 2. The maximum atomic E-state index is 4.64. The van der Waals surface area contributed by atoms with Gasteiger partial charge in [-0.25, -0.2) is 4.98 Å². The van der Waals surface area contributed by atoms with Crippen LogP contribution in [0.2, 0.25) is 0 Å². The lowest BCUT2D eigenvalue weighted by Gasteiger charge is -2.38. The van der Waals surface area contributed by atoms with E-state index >= 15 is 0 Å². The van der Waals surface area contributed by atoms with Gasteiger partial charge in [0.25, 0.3) is 0 Å². The van der Waals surface area contributed by atoms with E-state index in [1.165, 1.54) is 32.2 Å². The van der Waals surface area contributed by atoms with Crippen molar-refractivity contribution in [3.63, 3.8) is 0 Å². The fourth-order valence-electron chi connectivity index (χ4n) is 4.11. The molecule has 1 aliphatic carbocycles. The van der Waals surface area contributed by atoms with E-state index in [0.29, 0.717) is 5.41 Å². The molecule has 2 aromatic rings. The van der Waals surface area contributed by atoms with Crippen molar-refractivity contribution < 1.29 is 0 Å². The standard InChI is InChI=1S/C19H27N5.HI/c1-20-18(24-13-11-19(14-24)9-5-10-19)21-12-4-8-17-22-15-6-2-3-7-16(15)23-17;/h2-3,6-7H,4-5,8-14H2,1H3,(H,20,21)(H,22,23);1H. The molecule has 0 amide bonds. The van der Waals surface area contributed by atoms with Crippen LogP contribution in [0.3, 0.4) is 0 Å². The van der Waals surface area contributed by atoms with Gasteiger partial charge in [0.1, 0.15) is 5.82 Å². The topological polar surface area (TPSA) is 56.3 Å². The van der Waals surface area contributed by atoms with Gasteiger partial charge in [-0.05, 0) is 43.2 Å². The van der Waals surface area contributed by atoms with E-state index in [0.717, 1.165) is 48.7 Å². The number of H-pyrrole nitrogens is 1. The normalized spacial score (nSPS) is 19.1. The van der Waals surface area contributed by atoms with Gasteiger partial charge in [0, 0.05) is 33.1 Å². The predicted molar refractivity (Wildman–Crippen MR) is 114 cm³/mol. The summed E-state index contributed by atoms with van der Waals surface area (Å²) in [6.45, 7) is 3.28. The molecule has 2 aliphatic rings. The molecule has 1 spiro atoms. The number of para-hydroxylation sites is 2. The number of nitrogens with zero attached hydrogens (tertiary/aromatic N) is 3. The third kappa shape index (κ3) is 3.93. The van der Waals surface area contributed by atoms with Crippen molar-refractivity contribution in [3.8, 4) is 0 Å². The predicted octanol–water partition coefficient (Wildman–Crippen LogP) is 3.56. The van der Waals surface area contributed by atoms with E-state index in [9.17, 15) is 0 Å². The van der Waals surface area contributed by atoms with Gasteiger partial charge in [-0.1, -0.05) is 18.6 Å². The number of hydrogen-bond acceptors (Lipinski definition) is 2. The number of aromatic amines is 1. The minimum absolute atomic E-state index is 0. The fourth-order valence-corrected chi connectivity index (χ4v) is 4.11. The SMILES string of the molecule is CN=C(NCCCc1nc2ccccc2[nH]1)N1CCC2(CCC2)C1.I. The zero-order valence-corrected chi connectivity index (χ0v) is 17.3. The van der Waals surface area contributed by atoms with Crippen LogP contribution in [-0.4, -0.2) is 47.5 Å². The second kappa shape index (κ2) is 7.93. The van der Waals surface area contributed by atoms with Gasteiger partial charge in [0.2, 0.25) is 0 Å². The van der Waals surface area contributed by atoms with Crippen molar-refractivity contribution in [1.29, 1.82) is 0 Å². The highest BCUT2D eigenvalue weighted by Crippen LogP contribution is 2.47. The molecule has 2 fully saturated rings. The Morgan fingerprint density at radius 3 is 2.84 bits per heavy atom. The summed E-state index contributed by atoms with van der Waals surface area (Å²) in [6, 6.07) is 8.21. The summed E-state index contributed by atoms with van der Waals surface area (Å²) >= 11 is 0. The number of likely N-dealkylation sites (tertiary alicyclic amines) is 1. The number of aliphatic imine (C=N–C) groups is 1. The first-order valence-corrected chi connectivity index (χ1v) is 9.17. The van der Waals surface area contributed by atoms with Crippen molar-refractivity contribution in [2.24, 2.45) is 10.4 Å². The van der Waals surface area contributed by atoms with E-state index in [4.69, 9.17) is 0 Å². The lowest BCUT2D eigenvalue weighted by Crippen LogP contribution is -2.42. The van der Waals surface area contributed by atoms with Crippen LogP contribution in [0.1, 0.15) is 37.9 Å². The summed E-state index contributed by atoms with van der Waals surface area (Å²) in [5.74, 6) is 2.14. The minimum Gasteiger partial charge on any atom is -0.356 e. The van der Waals surface area contributed by atoms with Crippen molar-refractivity contribution in [3.05, 3.63) is 30.1 Å². The summed E-state index contributed by atoms with van der Waals surface area (Å²) in [7, 11) is 1.90. The van der Waals surface area contributed by atoms with Crippen LogP contribution in [0.15, 0.2) is 29.3 Å². The highest BCUT2D eigenvalue weighted by atomic mass is 127. The molecule has 1 aromatic heterocycles. The summed E-state index contributed by atoms with van der Waals surface area (Å²) < 4.78 is 0. The molecule has 2 N–H and O–H groups in total. The van der Waals surface area contributed by atoms with Gasteiger partial charge in [-0.15, -0.1) is 24.0 Å². The highest BCUT2D eigenvalue weighted by molar-refractivity contribution is 14.0. The van der Waals surface area contributed by atoms with Gasteiger partial charge >= 0.3 is 0 Å². The molecule has 0 unspecified atom stereocenters. The average Bonchev–Trinajstić information content (AvgIpc) is 3.18. The lowest BCUT2D eigenvalue weighted by molar-refractivity contribution is 0.151. The molecule has 4 rings (SSSR count). The lowest BCUT2D eigenvalue weighted by atomic mass is 9.68. The van der Waals surface area contributed by atoms with Crippen molar-refractivity contribution >= 4 is 41.0 Å². The van der Waals surface area contributed by atoms with Gasteiger partial charge < -0.3 is 15.2 Å². The van der Waals surface area contributed by atoms with E-state index in [-0.39, 0.29) is 24.0 Å². The zero-order chi connectivity index (χ0) is 16.4. The number of rotatable bonds is 4. The molecule has 0 radical (unpaired) electrons. The van der Waals surface area contributed by atoms with Crippen LogP contribution in [0.5, 0.6) is 0 Å². The monoisotopic (exact) mass is 453 g/mol. The Hall–Kier alpha value is -1.31. The summed E-state index contributed by atoms with van der Waals surface area (Å²) in [6.07, 6.45) is 7.59. The first kappa shape index (κ1) is 18.5. The maximum Gasteiger partial charge on any atom is 0.193 e. The van der Waals surface area contributed by atoms with E-state index in [1.807, 2.05) is 19.2 Å². The average molecular weight is 453 g/mol. The number of guanidine groups is 1. The minimum atomic E-state index is 0. The van der Waals surface area contributed by atoms with Crippen molar-refractivity contribution in [1.82, 2.24) is 20.2 Å². The van der Waals surface area contributed by atoms with Gasteiger partial charge in [-0.3, -0.25) is 4.99 Å². The summed E-state index contributed by atoms with van der Waals surface area (Å²) in [5, 5.41) is 3.54. The van der Waals surface area contributed by atoms with Gasteiger partial charge in [0.15, 0.2) is 5.96 Å². The molecule has 1 aromatic carbocycles. The molecular weight excluding hydrogens is 425 g/mol. The third-order valence-electron chi connectivity index (χ3n) is 5.68. The first-order chi connectivity index (χ1) is 11.8. The van der Waals surface area contributed by atoms with Gasteiger partial charge in [0.05, 0.1) is 11.0 Å². The second-order valence-corrected chi connectivity index (χ2v) is 7.30. The Balaban J connectivity index is 0.00000182. The quantitative estimate of drug-likeness (QED) is 0.322. The first-order valence-electron chi connectivity index (χ1n) is 9.17. The summed E-state index contributed by atoms with van der Waals surface area (Å²) in [4.78, 5) is 15.0. The molecule has 0 bridgehead atoms. The molecule has 1 saturated heterocycles. The van der Waals surface area contributed by atoms with E-state index < -0.39 is 0 Å². The molecule has 0 atom stereocenters. The molecular formula is C19H28IN5. The van der Waals surface area contributed by atoms with Crippen LogP contribution in [-0.2, 0) is 6.42 Å². The number of halogens is 1. The van der Waals surface area contributed by atoms with E-state index in [1.54, 1.807) is 0 Å². The van der Waals surface area contributed by atoms with E-state index in [2.05, 4.69) is 37.3 Å². The largest absolute Gasteiger partial charge is 0.356 e. The van der Waals surface area contributed by atoms with Crippen LogP contribution >= 0.6 is 24.0 Å². The smallest absolute Gasteiger partial charge is 0.193 e. The second-order valence-electron chi connectivity index (χ2n) is 7.30. The Morgan fingerprint density at radius 1 is 1.32 bits per heavy atom. The van der Waals surface area contributed by atoms with Crippen LogP contribution in [0, 0.1) is 5.41 Å². The number of nitrogens with one attached hydrogen (secondary N) is 2. The molecule has 25 heavy (non-hydrogen) atoms. The van der Waals surface area contributed by atoms with Crippen molar-refractivity contribution in [2.45, 2.75) is 38.5 Å². The maximum absolute atomic E-state index is 4.64. The molecule has 136 valence electrons. The zero-order valence-electron chi connectivity index (χ0n) is 14.9. The number of imidazole rings is 1. The van der Waals surface area contributed by atoms with Gasteiger partial charge in [-0.2, -0.15) is 0 Å². The number of aryl methyl sites for hydroxylation is 1. The molecule has 2 heterocycles. The molecule has 6 heteroatoms. The Bertz CT molecular complexity index is 701. The number of benzene rings is 1. The van der Waals surface area contributed by atoms with Crippen molar-refractivity contribution in [2.75, 3.05) is 26.7 Å². The fraction of sp³-hybridized carbons (Fsp3) is 0.579. The van der Waals surface area contributed by atoms with Crippen LogP contribution in [0.4, 0.5) is 0 Å². The third-order valence-corrected chi connectivity index (χ3v) is 5.68. The number of hydrogen-bond donors (Lipinski definition) is 2. The Kier molecular flexibility index (Phi) is 5.86. The Labute approximate surface area is 166 Å². The molecule has 5 nitrogen and oxygen atoms in total. The molecule has 1 aliphatic heterocycles. The number of fused-ring (bicyclic) bond motifs is 1.